The summed E-state index contributed by atoms with van der Waals surface area (Å²) in [7, 11) is 1.54. The predicted octanol–water partition coefficient (Wildman–Crippen LogP) is 3.04. The van der Waals surface area contributed by atoms with Crippen molar-refractivity contribution < 1.29 is 24.1 Å². The smallest absolute Gasteiger partial charge is 0.312 e. The second kappa shape index (κ2) is 7.57. The molecule has 0 saturated carbocycles. The number of hydrogen-bond donors (Lipinski definition) is 1. The van der Waals surface area contributed by atoms with Crippen molar-refractivity contribution in [2.24, 2.45) is 5.92 Å². The summed E-state index contributed by atoms with van der Waals surface area (Å²) in [6, 6.07) is 13.5. The van der Waals surface area contributed by atoms with Gasteiger partial charge < -0.3 is 19.3 Å². The van der Waals surface area contributed by atoms with Crippen molar-refractivity contribution in [2.45, 2.75) is 26.1 Å². The van der Waals surface area contributed by atoms with Crippen LogP contribution in [0.4, 0.5) is 0 Å². The van der Waals surface area contributed by atoms with E-state index in [9.17, 15) is 9.90 Å². The Morgan fingerprint density at radius 3 is 2.68 bits per heavy atom. The molecule has 0 saturated heterocycles. The first-order chi connectivity index (χ1) is 12.1. The van der Waals surface area contributed by atoms with Crippen LogP contribution in [-0.2, 0) is 22.6 Å². The lowest BCUT2D eigenvalue weighted by Crippen LogP contribution is -2.21. The lowest BCUT2D eigenvalue weighted by molar-refractivity contribution is -0.151. The van der Waals surface area contributed by atoms with Crippen molar-refractivity contribution in [3.05, 3.63) is 59.2 Å². The van der Waals surface area contributed by atoms with Crippen LogP contribution in [0.1, 0.15) is 29.7 Å². The van der Waals surface area contributed by atoms with Gasteiger partial charge in [-0.2, -0.15) is 0 Å². The van der Waals surface area contributed by atoms with Gasteiger partial charge in [-0.1, -0.05) is 30.3 Å². The number of rotatable bonds is 6. The Morgan fingerprint density at radius 1 is 1.24 bits per heavy atom. The summed E-state index contributed by atoms with van der Waals surface area (Å²) in [5.41, 5.74) is 2.56. The largest absolute Gasteiger partial charge is 0.496 e. The van der Waals surface area contributed by atoms with Crippen molar-refractivity contribution >= 4 is 5.97 Å². The van der Waals surface area contributed by atoms with E-state index in [1.807, 2.05) is 36.4 Å². The molecule has 25 heavy (non-hydrogen) atoms. The van der Waals surface area contributed by atoms with E-state index < -0.39 is 12.0 Å². The van der Waals surface area contributed by atoms with E-state index >= 15 is 0 Å². The number of aliphatic hydroxyl groups is 1. The average molecular weight is 342 g/mol. The molecule has 2 atom stereocenters. The average Bonchev–Trinajstić information content (AvgIpc) is 2.97. The highest BCUT2D eigenvalue weighted by Crippen LogP contribution is 2.44. The van der Waals surface area contributed by atoms with Gasteiger partial charge in [0.25, 0.3) is 0 Å². The van der Waals surface area contributed by atoms with Crippen molar-refractivity contribution in [3.63, 3.8) is 0 Å². The number of benzene rings is 2. The second-order valence-corrected chi connectivity index (χ2v) is 5.98. The van der Waals surface area contributed by atoms with E-state index in [1.165, 1.54) is 0 Å². The summed E-state index contributed by atoms with van der Waals surface area (Å²) in [5.74, 6) is 0.184. The van der Waals surface area contributed by atoms with Crippen LogP contribution in [0.25, 0.3) is 0 Å². The number of fused-ring (bicyclic) bond motifs is 1. The number of hydrogen-bond acceptors (Lipinski definition) is 5. The SMILES string of the molecule is CCOC(=O)C1Cc2cc(OCc3ccccc3)cc(OC)c2C1O. The summed E-state index contributed by atoms with van der Waals surface area (Å²) < 4.78 is 16.3. The van der Waals surface area contributed by atoms with E-state index in [1.54, 1.807) is 20.1 Å². The van der Waals surface area contributed by atoms with E-state index in [2.05, 4.69) is 0 Å². The topological polar surface area (TPSA) is 65.0 Å². The lowest BCUT2D eigenvalue weighted by atomic mass is 10.0. The summed E-state index contributed by atoms with van der Waals surface area (Å²) in [6.45, 7) is 2.48. The highest BCUT2D eigenvalue weighted by atomic mass is 16.5. The highest BCUT2D eigenvalue weighted by molar-refractivity contribution is 5.76. The number of ether oxygens (including phenoxy) is 3. The van der Waals surface area contributed by atoms with Gasteiger partial charge >= 0.3 is 5.97 Å². The Labute approximate surface area is 147 Å². The molecule has 5 heteroatoms. The van der Waals surface area contributed by atoms with Crippen LogP contribution in [-0.4, -0.2) is 24.8 Å². The fourth-order valence-corrected chi connectivity index (χ4v) is 3.17. The molecule has 2 aromatic carbocycles. The van der Waals surface area contributed by atoms with Gasteiger partial charge in [0.05, 0.1) is 25.7 Å². The first-order valence-electron chi connectivity index (χ1n) is 8.36. The van der Waals surface area contributed by atoms with Crippen molar-refractivity contribution in [1.82, 2.24) is 0 Å². The van der Waals surface area contributed by atoms with Crippen LogP contribution < -0.4 is 9.47 Å². The van der Waals surface area contributed by atoms with Gasteiger partial charge in [0.15, 0.2) is 0 Å². The number of esters is 1. The molecule has 0 spiro atoms. The molecule has 5 nitrogen and oxygen atoms in total. The Balaban J connectivity index is 1.81. The zero-order chi connectivity index (χ0) is 17.8. The number of carbonyl (C=O) groups is 1. The van der Waals surface area contributed by atoms with E-state index in [-0.39, 0.29) is 5.97 Å². The van der Waals surface area contributed by atoms with Gasteiger partial charge in [0.2, 0.25) is 0 Å². The summed E-state index contributed by atoms with van der Waals surface area (Å²) >= 11 is 0. The Bertz CT molecular complexity index is 741. The standard InChI is InChI=1S/C20H22O5/c1-3-24-20(22)16-10-14-9-15(11-17(23-2)18(14)19(16)21)25-12-13-7-5-4-6-8-13/h4-9,11,16,19,21H,3,10,12H2,1-2H3. The molecule has 0 heterocycles. The van der Waals surface area contributed by atoms with Crippen LogP contribution in [0.3, 0.4) is 0 Å². The zero-order valence-corrected chi connectivity index (χ0v) is 14.4. The molecule has 2 unspecified atom stereocenters. The van der Waals surface area contributed by atoms with Crippen molar-refractivity contribution in [2.75, 3.05) is 13.7 Å². The number of carbonyl (C=O) groups excluding carboxylic acids is 1. The van der Waals surface area contributed by atoms with Crippen molar-refractivity contribution in [1.29, 1.82) is 0 Å². The van der Waals surface area contributed by atoms with E-state index in [0.29, 0.717) is 36.7 Å². The minimum absolute atomic E-state index is 0.293. The molecule has 2 aromatic rings. The third-order valence-electron chi connectivity index (χ3n) is 4.38. The Kier molecular flexibility index (Phi) is 5.24. The first-order valence-corrected chi connectivity index (χ1v) is 8.36. The normalized spacial score (nSPS) is 18.5. The monoisotopic (exact) mass is 342 g/mol. The molecule has 0 aliphatic heterocycles. The minimum Gasteiger partial charge on any atom is -0.496 e. The van der Waals surface area contributed by atoms with E-state index in [4.69, 9.17) is 14.2 Å². The predicted molar refractivity (Wildman–Crippen MR) is 92.6 cm³/mol. The molecule has 1 aliphatic carbocycles. The number of aliphatic hydroxyl groups excluding tert-OH is 1. The fourth-order valence-electron chi connectivity index (χ4n) is 3.17. The molecule has 132 valence electrons. The molecule has 3 rings (SSSR count). The maximum atomic E-state index is 12.1. The minimum atomic E-state index is -0.924. The van der Waals surface area contributed by atoms with Gasteiger partial charge in [0, 0.05) is 11.6 Å². The maximum absolute atomic E-state index is 12.1. The molecular weight excluding hydrogens is 320 g/mol. The maximum Gasteiger partial charge on any atom is 0.312 e. The van der Waals surface area contributed by atoms with Gasteiger partial charge in [-0.05, 0) is 30.5 Å². The number of methoxy groups -OCH3 is 1. The molecule has 0 radical (unpaired) electrons. The second-order valence-electron chi connectivity index (χ2n) is 5.98. The van der Waals surface area contributed by atoms with Crippen LogP contribution in [0, 0.1) is 5.92 Å². The molecule has 0 fully saturated rings. The third-order valence-corrected chi connectivity index (χ3v) is 4.38. The van der Waals surface area contributed by atoms with Crippen LogP contribution in [0.2, 0.25) is 0 Å². The van der Waals surface area contributed by atoms with E-state index in [0.717, 1.165) is 11.1 Å². The van der Waals surface area contributed by atoms with Gasteiger partial charge in [0.1, 0.15) is 18.1 Å². The zero-order valence-electron chi connectivity index (χ0n) is 14.4. The van der Waals surface area contributed by atoms with Gasteiger partial charge in [-0.25, -0.2) is 0 Å². The highest BCUT2D eigenvalue weighted by Gasteiger charge is 2.39. The molecule has 0 bridgehead atoms. The van der Waals surface area contributed by atoms with Crippen molar-refractivity contribution in [3.8, 4) is 11.5 Å². The summed E-state index contributed by atoms with van der Waals surface area (Å²) in [4.78, 5) is 12.1. The van der Waals surface area contributed by atoms with Crippen LogP contribution in [0.15, 0.2) is 42.5 Å². The Morgan fingerprint density at radius 2 is 2.00 bits per heavy atom. The molecule has 1 aliphatic rings. The third kappa shape index (κ3) is 3.61. The summed E-state index contributed by atoms with van der Waals surface area (Å²) in [6.07, 6.45) is -0.513. The lowest BCUT2D eigenvalue weighted by Gasteiger charge is -2.16. The molecule has 0 amide bonds. The Hall–Kier alpha value is -2.53. The fraction of sp³-hybridized carbons (Fsp3) is 0.350. The molecule has 1 N–H and O–H groups in total. The van der Waals surface area contributed by atoms with Gasteiger partial charge in [-0.3, -0.25) is 4.79 Å². The quantitative estimate of drug-likeness (QED) is 0.818. The van der Waals surface area contributed by atoms with Crippen LogP contribution >= 0.6 is 0 Å². The van der Waals surface area contributed by atoms with Crippen LogP contribution in [0.5, 0.6) is 11.5 Å². The van der Waals surface area contributed by atoms with Gasteiger partial charge in [-0.15, -0.1) is 0 Å². The first kappa shape index (κ1) is 17.3. The molecular formula is C20H22O5. The summed E-state index contributed by atoms with van der Waals surface area (Å²) in [5, 5.41) is 10.5. The molecule has 0 aromatic heterocycles.